The summed E-state index contributed by atoms with van der Waals surface area (Å²) < 4.78 is 16.0. The minimum absolute atomic E-state index is 0.121. The average Bonchev–Trinajstić information content (AvgIpc) is 4.07. The number of H-pyrrole nitrogens is 3. The molecule has 8 rings (SSSR count). The van der Waals surface area contributed by atoms with E-state index in [-0.39, 0.29) is 49.2 Å². The maximum atomic E-state index is 12.0. The highest BCUT2D eigenvalue weighted by molar-refractivity contribution is 6.41. The van der Waals surface area contributed by atoms with E-state index in [1.165, 1.54) is 24.3 Å². The van der Waals surface area contributed by atoms with Crippen LogP contribution in [0.3, 0.4) is 0 Å². The Bertz CT molecular complexity index is 3000. The molecule has 1 aliphatic rings. The molecule has 0 atom stereocenters. The quantitative estimate of drug-likeness (QED) is 0.0744. The number of nitrogens with one attached hydrogen (secondary N) is 3. The van der Waals surface area contributed by atoms with Crippen LogP contribution >= 0.6 is 81.2 Å². The van der Waals surface area contributed by atoms with Crippen LogP contribution in [0.15, 0.2) is 84.9 Å². The lowest BCUT2D eigenvalue weighted by molar-refractivity contribution is -0.132. The minimum Gasteiger partial charge on any atom is -0.426 e. The van der Waals surface area contributed by atoms with E-state index in [9.17, 15) is 14.4 Å². The zero-order chi connectivity index (χ0) is 42.2. The van der Waals surface area contributed by atoms with Crippen molar-refractivity contribution in [2.45, 2.75) is 0 Å². The highest BCUT2D eigenvalue weighted by atomic mass is 35.5. The number of hydrogen-bond acceptors (Lipinski definition) is 7. The number of halogens is 7. The van der Waals surface area contributed by atoms with Crippen molar-refractivity contribution in [1.82, 2.24) is 19.9 Å². The second kappa shape index (κ2) is 17.4. The number of hydrogen-bond donors (Lipinski definition) is 3. The molecule has 0 saturated carbocycles. The van der Waals surface area contributed by atoms with Gasteiger partial charge in [-0.3, -0.25) is 14.4 Å². The van der Waals surface area contributed by atoms with Crippen LogP contribution in [0.4, 0.5) is 0 Å². The minimum atomic E-state index is -0.671. The first-order valence-corrected chi connectivity index (χ1v) is 20.8. The third-order valence-electron chi connectivity index (χ3n) is 9.27. The van der Waals surface area contributed by atoms with E-state index in [1.807, 2.05) is 48.6 Å². The number of nitrogens with zero attached hydrogens (tertiary/aromatic N) is 1. The maximum Gasteiger partial charge on any atom is 0.326 e. The third-order valence-corrected chi connectivity index (χ3v) is 11.1. The molecule has 10 nitrogen and oxygen atoms in total. The van der Waals surface area contributed by atoms with Crippen LogP contribution < -0.4 is 14.2 Å². The van der Waals surface area contributed by atoms with E-state index in [1.54, 1.807) is 24.3 Å². The number of esters is 3. The summed E-state index contributed by atoms with van der Waals surface area (Å²) >= 11 is 44.9. The molecule has 302 valence electrons. The fourth-order valence-electron chi connectivity index (χ4n) is 6.84. The van der Waals surface area contributed by atoms with E-state index >= 15 is 0 Å². The van der Waals surface area contributed by atoms with Crippen molar-refractivity contribution in [3.63, 3.8) is 0 Å². The number of rotatable bonds is 9. The lowest BCUT2D eigenvalue weighted by Crippen LogP contribution is -2.08. The van der Waals surface area contributed by atoms with Crippen LogP contribution in [0.2, 0.25) is 20.1 Å². The summed E-state index contributed by atoms with van der Waals surface area (Å²) in [4.78, 5) is 51.8. The number of carbonyl (C=O) groups excluding carboxylic acids is 3. The normalized spacial score (nSPS) is 11.6. The molecule has 0 fully saturated rings. The van der Waals surface area contributed by atoms with Gasteiger partial charge in [-0.1, -0.05) is 58.5 Å². The van der Waals surface area contributed by atoms with Gasteiger partial charge in [-0.15, -0.1) is 34.8 Å². The fourth-order valence-corrected chi connectivity index (χ4v) is 8.32. The highest BCUT2D eigenvalue weighted by Crippen LogP contribution is 2.45. The molecule has 4 aromatic heterocycles. The van der Waals surface area contributed by atoms with Crippen LogP contribution in [0, 0.1) is 0 Å². The van der Waals surface area contributed by atoms with Gasteiger partial charge in [-0.05, 0) is 66.2 Å². The molecule has 0 amide bonds. The van der Waals surface area contributed by atoms with Crippen molar-refractivity contribution in [2.75, 3.05) is 17.6 Å². The number of fused-ring (bicyclic) bond motifs is 9. The molecule has 17 heteroatoms. The van der Waals surface area contributed by atoms with Crippen molar-refractivity contribution < 1.29 is 28.6 Å². The zero-order valence-corrected chi connectivity index (χ0v) is 35.7. The molecule has 0 spiro atoms. The molecule has 0 aliphatic carbocycles. The number of aromatic nitrogens is 4. The number of carbonyl (C=O) groups is 3. The summed E-state index contributed by atoms with van der Waals surface area (Å²) in [6.07, 6.45) is 3.70. The number of aromatic amines is 3. The lowest BCUT2D eigenvalue weighted by atomic mass is 10.0. The van der Waals surface area contributed by atoms with Crippen LogP contribution in [-0.4, -0.2) is 55.5 Å². The van der Waals surface area contributed by atoms with Gasteiger partial charge in [-0.2, -0.15) is 0 Å². The van der Waals surface area contributed by atoms with Gasteiger partial charge in [0.05, 0.1) is 42.5 Å². The molecule has 1 aliphatic heterocycles. The Balaban J connectivity index is 1.46. The number of benzene rings is 3. The first kappa shape index (κ1) is 41.6. The van der Waals surface area contributed by atoms with Crippen molar-refractivity contribution in [3.8, 4) is 50.6 Å². The Morgan fingerprint density at radius 1 is 0.433 bits per heavy atom. The molecule has 5 heterocycles. The summed E-state index contributed by atoms with van der Waals surface area (Å²) in [5.41, 5.74) is 8.35. The van der Waals surface area contributed by atoms with Gasteiger partial charge < -0.3 is 29.2 Å². The lowest BCUT2D eigenvalue weighted by Gasteiger charge is -2.12. The maximum absolute atomic E-state index is 12.0. The Kier molecular flexibility index (Phi) is 12.1. The smallest absolute Gasteiger partial charge is 0.326 e. The van der Waals surface area contributed by atoms with Gasteiger partial charge in [0.15, 0.2) is 0 Å². The van der Waals surface area contributed by atoms with Crippen LogP contribution in [0.5, 0.6) is 17.2 Å². The van der Waals surface area contributed by atoms with Crippen LogP contribution in [0.25, 0.3) is 78.6 Å². The van der Waals surface area contributed by atoms with Gasteiger partial charge in [0.1, 0.15) is 34.9 Å². The SMILES string of the molecule is O=C(CCl)Oc1ccc(-c2c3nc(c(-c4c(Cl)cc(OC(=O)CCl)cc4Cl)c4ccc([nH]4)c4ccc([nH]4)c(-c4c(Cl)cc(OC(=O)CCl)cc4Cl)c4ccc2[nH]4)C=C3)cc1. The number of alkyl halides is 3. The van der Waals surface area contributed by atoms with Crippen LogP contribution in [0.1, 0.15) is 11.4 Å². The van der Waals surface area contributed by atoms with Gasteiger partial charge in [0.2, 0.25) is 0 Å². The van der Waals surface area contributed by atoms with E-state index in [0.29, 0.717) is 83.6 Å². The van der Waals surface area contributed by atoms with Crippen molar-refractivity contribution in [3.05, 3.63) is 116 Å². The van der Waals surface area contributed by atoms with Crippen molar-refractivity contribution in [2.24, 2.45) is 0 Å². The van der Waals surface area contributed by atoms with Crippen molar-refractivity contribution >= 4 is 144 Å². The zero-order valence-electron chi connectivity index (χ0n) is 30.4. The monoisotopic (exact) mass is 938 g/mol. The summed E-state index contributed by atoms with van der Waals surface area (Å²) in [7, 11) is 0. The van der Waals surface area contributed by atoms with Crippen LogP contribution in [-0.2, 0) is 14.4 Å². The summed E-state index contributed by atoms with van der Waals surface area (Å²) in [5.74, 6) is -2.41. The molecular weight excluding hydrogens is 917 g/mol. The fraction of sp³-hybridized carbons (Fsp3) is 0.0698. The predicted octanol–water partition coefficient (Wildman–Crippen LogP) is 12.7. The van der Waals surface area contributed by atoms with Gasteiger partial charge in [0.25, 0.3) is 0 Å². The van der Waals surface area contributed by atoms with E-state index in [4.69, 9.17) is 100 Å². The van der Waals surface area contributed by atoms with E-state index in [0.717, 1.165) is 0 Å². The highest BCUT2D eigenvalue weighted by Gasteiger charge is 2.22. The van der Waals surface area contributed by atoms with Crippen molar-refractivity contribution in [1.29, 1.82) is 0 Å². The van der Waals surface area contributed by atoms with Gasteiger partial charge in [0, 0.05) is 74.1 Å². The average molecular weight is 942 g/mol. The molecule has 7 aromatic rings. The Morgan fingerprint density at radius 3 is 1.23 bits per heavy atom. The summed E-state index contributed by atoms with van der Waals surface area (Å²) in [6, 6.07) is 24.2. The van der Waals surface area contributed by atoms with Gasteiger partial charge >= 0.3 is 17.9 Å². The molecule has 3 N–H and O–H groups in total. The predicted molar refractivity (Wildman–Crippen MR) is 241 cm³/mol. The summed E-state index contributed by atoms with van der Waals surface area (Å²) in [6.45, 7) is 0. The molecule has 0 radical (unpaired) electrons. The van der Waals surface area contributed by atoms with E-state index < -0.39 is 17.9 Å². The number of ether oxygens (including phenoxy) is 3. The molecule has 8 bridgehead atoms. The molecule has 0 unspecified atom stereocenters. The largest absolute Gasteiger partial charge is 0.426 e. The first-order valence-electron chi connectivity index (χ1n) is 17.7. The summed E-state index contributed by atoms with van der Waals surface area (Å²) in [5, 5.41) is 0.777. The molecule has 3 aromatic carbocycles. The Morgan fingerprint density at radius 2 is 0.783 bits per heavy atom. The standard InChI is InChI=1S/C43H25Cl7N4O6/c44-17-36(55)58-21-3-1-20(2-4-21)39-30-9-11-34(53-30)42(40-24(47)13-22(14-25(40)48)59-37(56)18-45)32-7-5-28(51-32)29-6-8-33(52-29)43(35-12-10-31(39)54-35)41-26(49)15-23(16-27(41)50)60-38(57)19-46/h1-16,51-53H,17-19H2. The second-order valence-electron chi connectivity index (χ2n) is 13.1. The molecule has 60 heavy (non-hydrogen) atoms. The molecular formula is C43H25Cl7N4O6. The van der Waals surface area contributed by atoms with E-state index in [2.05, 4.69) is 15.0 Å². The third kappa shape index (κ3) is 8.29. The topological polar surface area (TPSA) is 139 Å². The second-order valence-corrected chi connectivity index (χ2v) is 15.5. The van der Waals surface area contributed by atoms with Gasteiger partial charge in [-0.25, -0.2) is 4.98 Å². The molecule has 0 saturated heterocycles. The Hall–Kier alpha value is -5.17. The Labute approximate surface area is 375 Å². The first-order chi connectivity index (χ1) is 28.9.